The van der Waals surface area contributed by atoms with Crippen molar-refractivity contribution in [3.8, 4) is 5.69 Å². The second-order valence-electron chi connectivity index (χ2n) is 3.96. The molecule has 4 nitrogen and oxygen atoms in total. The predicted octanol–water partition coefficient (Wildman–Crippen LogP) is 2.12. The number of benzene rings is 1. The van der Waals surface area contributed by atoms with E-state index >= 15 is 0 Å². The molecule has 0 radical (unpaired) electrons. The summed E-state index contributed by atoms with van der Waals surface area (Å²) in [4.78, 5) is 22.3. The zero-order chi connectivity index (χ0) is 14.2. The molecule has 0 spiro atoms. The molecule has 0 aliphatic heterocycles. The number of rotatable bonds is 2. The van der Waals surface area contributed by atoms with Gasteiger partial charge in [0.25, 0.3) is 0 Å². The summed E-state index contributed by atoms with van der Waals surface area (Å²) in [6, 6.07) is 4.00. The highest BCUT2D eigenvalue weighted by atomic mass is 19.1. The zero-order valence-electron chi connectivity index (χ0n) is 9.85. The maximum Gasteiger partial charge on any atom is 0.341 e. The molecule has 1 aromatic carbocycles. The Hall–Kier alpha value is -2.50. The number of pyridine rings is 1. The second-order valence-corrected chi connectivity index (χ2v) is 3.96. The fraction of sp³-hybridized carbons (Fsp3) is 0.0769. The smallest absolute Gasteiger partial charge is 0.341 e. The number of halogens is 2. The summed E-state index contributed by atoms with van der Waals surface area (Å²) in [6.45, 7) is 1.52. The first-order valence-electron chi connectivity index (χ1n) is 5.32. The van der Waals surface area contributed by atoms with Crippen LogP contribution in [0.5, 0.6) is 0 Å². The average molecular weight is 265 g/mol. The van der Waals surface area contributed by atoms with E-state index in [4.69, 9.17) is 5.11 Å². The van der Waals surface area contributed by atoms with Gasteiger partial charge in [-0.1, -0.05) is 0 Å². The summed E-state index contributed by atoms with van der Waals surface area (Å²) >= 11 is 0. The van der Waals surface area contributed by atoms with Crippen LogP contribution in [0.4, 0.5) is 8.78 Å². The van der Waals surface area contributed by atoms with Crippen LogP contribution in [-0.2, 0) is 0 Å². The molecule has 1 N–H and O–H groups in total. The van der Waals surface area contributed by atoms with E-state index in [1.54, 1.807) is 0 Å². The minimum atomic E-state index is -1.40. The van der Waals surface area contributed by atoms with E-state index in [1.165, 1.54) is 17.6 Å². The molecule has 0 saturated carbocycles. The summed E-state index contributed by atoms with van der Waals surface area (Å²) in [7, 11) is 0. The Morgan fingerprint density at radius 1 is 1.26 bits per heavy atom. The van der Waals surface area contributed by atoms with Gasteiger partial charge in [-0.2, -0.15) is 0 Å². The average Bonchev–Trinajstić information content (AvgIpc) is 2.30. The molecule has 19 heavy (non-hydrogen) atoms. The van der Waals surface area contributed by atoms with Gasteiger partial charge in [-0.25, -0.2) is 13.6 Å². The van der Waals surface area contributed by atoms with Gasteiger partial charge in [0.1, 0.15) is 17.2 Å². The molecule has 98 valence electrons. The molecule has 6 heteroatoms. The van der Waals surface area contributed by atoms with Crippen LogP contribution in [0, 0.1) is 18.6 Å². The maximum atomic E-state index is 13.7. The molecule has 2 aromatic rings. The number of nitrogens with zero attached hydrogens (tertiary/aromatic N) is 1. The Morgan fingerprint density at radius 3 is 2.53 bits per heavy atom. The molecular weight excluding hydrogens is 256 g/mol. The van der Waals surface area contributed by atoms with Crippen LogP contribution in [0.2, 0.25) is 0 Å². The Morgan fingerprint density at radius 2 is 1.95 bits per heavy atom. The largest absolute Gasteiger partial charge is 0.477 e. The van der Waals surface area contributed by atoms with Crippen LogP contribution >= 0.6 is 0 Å². The summed E-state index contributed by atoms with van der Waals surface area (Å²) < 4.78 is 27.7. The number of hydrogen-bond donors (Lipinski definition) is 1. The van der Waals surface area contributed by atoms with Gasteiger partial charge in [0.15, 0.2) is 5.43 Å². The number of aromatic carboxylic acids is 1. The third-order valence-electron chi connectivity index (χ3n) is 2.64. The normalized spacial score (nSPS) is 10.5. The fourth-order valence-corrected chi connectivity index (χ4v) is 1.73. The Labute approximate surface area is 106 Å². The lowest BCUT2D eigenvalue weighted by Crippen LogP contribution is -2.18. The van der Waals surface area contributed by atoms with Crippen LogP contribution in [0.25, 0.3) is 5.69 Å². The van der Waals surface area contributed by atoms with E-state index in [0.717, 1.165) is 18.3 Å². The molecule has 0 amide bonds. The highest BCUT2D eigenvalue weighted by Gasteiger charge is 2.13. The van der Waals surface area contributed by atoms with Gasteiger partial charge in [0.05, 0.1) is 5.69 Å². The predicted molar refractivity (Wildman–Crippen MR) is 63.7 cm³/mol. The first-order chi connectivity index (χ1) is 8.90. The summed E-state index contributed by atoms with van der Waals surface area (Å²) in [5, 5.41) is 8.87. The highest BCUT2D eigenvalue weighted by Crippen LogP contribution is 2.16. The number of aryl methyl sites for hydroxylation is 1. The molecule has 0 aliphatic rings. The van der Waals surface area contributed by atoms with Gasteiger partial charge in [-0.3, -0.25) is 4.79 Å². The Bertz CT molecular complexity index is 722. The number of carboxylic acid groups (broad SMARTS) is 1. The minimum absolute atomic E-state index is 0.0265. The van der Waals surface area contributed by atoms with Crippen molar-refractivity contribution >= 4 is 5.97 Å². The van der Waals surface area contributed by atoms with Crippen LogP contribution in [-0.4, -0.2) is 15.6 Å². The van der Waals surface area contributed by atoms with Crippen LogP contribution in [0.3, 0.4) is 0 Å². The number of carbonyl (C=O) groups is 1. The van der Waals surface area contributed by atoms with Crippen molar-refractivity contribution < 1.29 is 18.7 Å². The van der Waals surface area contributed by atoms with E-state index < -0.39 is 28.6 Å². The molecule has 1 heterocycles. The molecular formula is C13H9F2NO3. The monoisotopic (exact) mass is 265 g/mol. The maximum absolute atomic E-state index is 13.7. The van der Waals surface area contributed by atoms with E-state index in [-0.39, 0.29) is 5.69 Å². The lowest BCUT2D eigenvalue weighted by molar-refractivity contribution is 0.0694. The second kappa shape index (κ2) is 4.64. The van der Waals surface area contributed by atoms with E-state index in [9.17, 15) is 18.4 Å². The van der Waals surface area contributed by atoms with Gasteiger partial charge < -0.3 is 9.67 Å². The van der Waals surface area contributed by atoms with Crippen molar-refractivity contribution in [3.63, 3.8) is 0 Å². The quantitative estimate of drug-likeness (QED) is 0.904. The topological polar surface area (TPSA) is 59.3 Å². The number of aromatic nitrogens is 1. The van der Waals surface area contributed by atoms with Crippen molar-refractivity contribution in [2.45, 2.75) is 6.92 Å². The summed E-state index contributed by atoms with van der Waals surface area (Å²) in [5.41, 5.74) is -0.819. The van der Waals surface area contributed by atoms with E-state index in [0.29, 0.717) is 11.8 Å². The molecule has 0 bridgehead atoms. The van der Waals surface area contributed by atoms with Crippen LogP contribution in [0.15, 0.2) is 35.3 Å². The standard InChI is InChI=1S/C13H9F2NO3/c1-7-4-12(17)9(13(18)19)6-16(7)11-3-2-8(14)5-10(11)15/h2-6H,1H3,(H,18,19). The molecule has 0 aliphatic carbocycles. The molecule has 0 saturated heterocycles. The summed E-state index contributed by atoms with van der Waals surface area (Å²) in [5.74, 6) is -2.98. The zero-order valence-corrected chi connectivity index (χ0v) is 9.85. The summed E-state index contributed by atoms with van der Waals surface area (Å²) in [6.07, 6.45) is 1.02. The van der Waals surface area contributed by atoms with E-state index in [2.05, 4.69) is 0 Å². The van der Waals surface area contributed by atoms with Crippen molar-refractivity contribution in [2.24, 2.45) is 0 Å². The lowest BCUT2D eigenvalue weighted by Gasteiger charge is -2.12. The Balaban J connectivity index is 2.71. The van der Waals surface area contributed by atoms with Gasteiger partial charge in [-0.05, 0) is 19.1 Å². The SMILES string of the molecule is Cc1cc(=O)c(C(=O)O)cn1-c1ccc(F)cc1F. The van der Waals surface area contributed by atoms with Gasteiger partial charge in [0, 0.05) is 24.0 Å². The van der Waals surface area contributed by atoms with Crippen molar-refractivity contribution in [1.82, 2.24) is 4.57 Å². The molecule has 1 aromatic heterocycles. The molecule has 2 rings (SSSR count). The number of carboxylic acids is 1. The lowest BCUT2D eigenvalue weighted by atomic mass is 10.2. The molecule has 0 unspecified atom stereocenters. The Kier molecular flexibility index (Phi) is 3.16. The van der Waals surface area contributed by atoms with Crippen molar-refractivity contribution in [1.29, 1.82) is 0 Å². The van der Waals surface area contributed by atoms with Gasteiger partial charge >= 0.3 is 5.97 Å². The molecule has 0 fully saturated rings. The fourth-order valence-electron chi connectivity index (χ4n) is 1.73. The molecule has 0 atom stereocenters. The third kappa shape index (κ3) is 2.37. The van der Waals surface area contributed by atoms with Crippen molar-refractivity contribution in [3.05, 3.63) is 63.6 Å². The van der Waals surface area contributed by atoms with Crippen LogP contribution < -0.4 is 5.43 Å². The van der Waals surface area contributed by atoms with E-state index in [1.807, 2.05) is 0 Å². The third-order valence-corrected chi connectivity index (χ3v) is 2.64. The number of hydrogen-bond acceptors (Lipinski definition) is 2. The highest BCUT2D eigenvalue weighted by molar-refractivity contribution is 5.87. The first-order valence-corrected chi connectivity index (χ1v) is 5.32. The first kappa shape index (κ1) is 12.9. The van der Waals surface area contributed by atoms with Crippen molar-refractivity contribution in [2.75, 3.05) is 0 Å². The van der Waals surface area contributed by atoms with Crippen LogP contribution in [0.1, 0.15) is 16.1 Å². The minimum Gasteiger partial charge on any atom is -0.477 e. The van der Waals surface area contributed by atoms with Gasteiger partial charge in [0.2, 0.25) is 0 Å². The van der Waals surface area contributed by atoms with Gasteiger partial charge in [-0.15, -0.1) is 0 Å².